The lowest BCUT2D eigenvalue weighted by Gasteiger charge is -2.17. The van der Waals surface area contributed by atoms with Crippen molar-refractivity contribution in [2.24, 2.45) is 11.8 Å². The summed E-state index contributed by atoms with van der Waals surface area (Å²) in [5.74, 6) is 0.953. The van der Waals surface area contributed by atoms with Gasteiger partial charge in [0.15, 0.2) is 0 Å². The average Bonchev–Trinajstić information content (AvgIpc) is 3.11. The minimum absolute atomic E-state index is 0.0706. The van der Waals surface area contributed by atoms with Crippen LogP contribution in [0.15, 0.2) is 28.7 Å². The molecule has 0 bridgehead atoms. The summed E-state index contributed by atoms with van der Waals surface area (Å²) in [5, 5.41) is 3.08. The van der Waals surface area contributed by atoms with Gasteiger partial charge in [-0.25, -0.2) is 0 Å². The number of halogens is 1. The van der Waals surface area contributed by atoms with Gasteiger partial charge in [0, 0.05) is 10.4 Å². The van der Waals surface area contributed by atoms with E-state index in [1.165, 1.54) is 12.8 Å². The highest BCUT2D eigenvalue weighted by molar-refractivity contribution is 9.10. The van der Waals surface area contributed by atoms with E-state index in [0.29, 0.717) is 5.92 Å². The molecule has 1 aliphatic carbocycles. The lowest BCUT2D eigenvalue weighted by atomic mass is 10.0. The van der Waals surface area contributed by atoms with Gasteiger partial charge in [0.25, 0.3) is 0 Å². The first-order valence-corrected chi connectivity index (χ1v) is 6.93. The topological polar surface area (TPSA) is 29.1 Å². The van der Waals surface area contributed by atoms with Crippen LogP contribution in [-0.4, -0.2) is 5.91 Å². The van der Waals surface area contributed by atoms with Crippen LogP contribution in [0.25, 0.3) is 0 Å². The van der Waals surface area contributed by atoms with E-state index in [2.05, 4.69) is 21.2 Å². The van der Waals surface area contributed by atoms with Gasteiger partial charge >= 0.3 is 0 Å². The summed E-state index contributed by atoms with van der Waals surface area (Å²) < 4.78 is 1.05. The fraction of sp³-hybridized carbons (Fsp3) is 0.500. The Bertz CT molecular complexity index is 414. The summed E-state index contributed by atoms with van der Waals surface area (Å²) in [5.41, 5.74) is 1.13. The third kappa shape index (κ3) is 3.32. The van der Waals surface area contributed by atoms with Crippen molar-refractivity contribution in [2.75, 3.05) is 0 Å². The van der Waals surface area contributed by atoms with Crippen LogP contribution in [0.3, 0.4) is 0 Å². The lowest BCUT2D eigenvalue weighted by Crippen LogP contribution is -2.32. The maximum atomic E-state index is 12.0. The molecule has 1 aromatic carbocycles. The highest BCUT2D eigenvalue weighted by atomic mass is 79.9. The van der Waals surface area contributed by atoms with E-state index in [4.69, 9.17) is 0 Å². The Labute approximate surface area is 111 Å². The smallest absolute Gasteiger partial charge is 0.223 e. The molecule has 1 amide bonds. The van der Waals surface area contributed by atoms with E-state index in [-0.39, 0.29) is 17.9 Å². The summed E-state index contributed by atoms with van der Waals surface area (Å²) in [6, 6.07) is 8.14. The van der Waals surface area contributed by atoms with Gasteiger partial charge in [-0.1, -0.05) is 35.0 Å². The van der Waals surface area contributed by atoms with E-state index < -0.39 is 0 Å². The molecule has 1 aliphatic rings. The number of carbonyl (C=O) groups is 1. The molecule has 3 heteroatoms. The Morgan fingerprint density at radius 2 is 2.12 bits per heavy atom. The van der Waals surface area contributed by atoms with Gasteiger partial charge in [0.2, 0.25) is 5.91 Å². The Kier molecular flexibility index (Phi) is 3.87. The van der Waals surface area contributed by atoms with Crippen LogP contribution in [0.4, 0.5) is 0 Å². The Morgan fingerprint density at radius 1 is 1.41 bits per heavy atom. The molecule has 1 saturated carbocycles. The van der Waals surface area contributed by atoms with Crippen LogP contribution in [0.2, 0.25) is 0 Å². The van der Waals surface area contributed by atoms with Crippen molar-refractivity contribution in [1.82, 2.24) is 5.32 Å². The van der Waals surface area contributed by atoms with E-state index >= 15 is 0 Å². The predicted octanol–water partition coefficient (Wildman–Crippen LogP) is 3.67. The van der Waals surface area contributed by atoms with Crippen LogP contribution < -0.4 is 5.32 Å². The molecular formula is C14H18BrNO. The number of rotatable bonds is 4. The third-order valence-corrected chi connectivity index (χ3v) is 3.94. The minimum atomic E-state index is 0.0706. The Balaban J connectivity index is 1.96. The van der Waals surface area contributed by atoms with Gasteiger partial charge in [0.05, 0.1) is 6.04 Å². The highest BCUT2D eigenvalue weighted by Gasteiger charge is 2.32. The molecule has 1 aromatic rings. The molecule has 0 spiro atoms. The van der Waals surface area contributed by atoms with E-state index in [0.717, 1.165) is 10.0 Å². The number of amides is 1. The number of hydrogen-bond acceptors (Lipinski definition) is 1. The Morgan fingerprint density at radius 3 is 2.71 bits per heavy atom. The highest BCUT2D eigenvalue weighted by Crippen LogP contribution is 2.36. The second-order valence-corrected chi connectivity index (χ2v) is 5.83. The standard InChI is InChI=1S/C14H18BrNO/c1-9(11-6-7-11)14(17)16-10(2)12-4-3-5-13(15)8-12/h3-5,8-11H,6-7H2,1-2H3,(H,16,17). The van der Waals surface area contributed by atoms with Crippen molar-refractivity contribution in [2.45, 2.75) is 32.7 Å². The molecule has 0 aromatic heterocycles. The van der Waals surface area contributed by atoms with Gasteiger partial charge < -0.3 is 5.32 Å². The second kappa shape index (κ2) is 5.21. The molecule has 0 heterocycles. The average molecular weight is 296 g/mol. The molecule has 92 valence electrons. The number of nitrogens with one attached hydrogen (secondary N) is 1. The normalized spacial score (nSPS) is 18.5. The first kappa shape index (κ1) is 12.6. The summed E-state index contributed by atoms with van der Waals surface area (Å²) in [7, 11) is 0. The molecule has 1 N–H and O–H groups in total. The predicted molar refractivity (Wildman–Crippen MR) is 72.6 cm³/mol. The maximum Gasteiger partial charge on any atom is 0.223 e. The largest absolute Gasteiger partial charge is 0.349 e. The quantitative estimate of drug-likeness (QED) is 0.902. The molecule has 2 rings (SSSR count). The molecule has 0 saturated heterocycles. The molecule has 2 unspecified atom stereocenters. The van der Waals surface area contributed by atoms with Crippen LogP contribution in [0.1, 0.15) is 38.3 Å². The Hall–Kier alpha value is -0.830. The monoisotopic (exact) mass is 295 g/mol. The molecule has 0 radical (unpaired) electrons. The number of hydrogen-bond donors (Lipinski definition) is 1. The van der Waals surface area contributed by atoms with Gasteiger partial charge in [-0.2, -0.15) is 0 Å². The zero-order valence-electron chi connectivity index (χ0n) is 10.2. The molecule has 2 nitrogen and oxygen atoms in total. The van der Waals surface area contributed by atoms with Gasteiger partial charge in [-0.05, 0) is 43.4 Å². The van der Waals surface area contributed by atoms with Crippen molar-refractivity contribution >= 4 is 21.8 Å². The minimum Gasteiger partial charge on any atom is -0.349 e. The fourth-order valence-corrected chi connectivity index (χ4v) is 2.43. The number of benzene rings is 1. The van der Waals surface area contributed by atoms with Crippen LogP contribution in [0, 0.1) is 11.8 Å². The van der Waals surface area contributed by atoms with Crippen LogP contribution in [0.5, 0.6) is 0 Å². The van der Waals surface area contributed by atoms with E-state index in [1.54, 1.807) is 0 Å². The van der Waals surface area contributed by atoms with Gasteiger partial charge in [-0.15, -0.1) is 0 Å². The first-order chi connectivity index (χ1) is 8.08. The SMILES string of the molecule is CC(NC(=O)C(C)C1CC1)c1cccc(Br)c1. The van der Waals surface area contributed by atoms with E-state index in [9.17, 15) is 4.79 Å². The third-order valence-electron chi connectivity index (χ3n) is 3.45. The fourth-order valence-electron chi connectivity index (χ4n) is 2.01. The lowest BCUT2D eigenvalue weighted by molar-refractivity contribution is -0.125. The molecule has 1 fully saturated rings. The van der Waals surface area contributed by atoms with Crippen molar-refractivity contribution in [3.05, 3.63) is 34.3 Å². The summed E-state index contributed by atoms with van der Waals surface area (Å²) in [4.78, 5) is 12.0. The summed E-state index contributed by atoms with van der Waals surface area (Å²) in [6.07, 6.45) is 2.42. The maximum absolute atomic E-state index is 12.0. The number of carbonyl (C=O) groups excluding carboxylic acids is 1. The molecule has 17 heavy (non-hydrogen) atoms. The summed E-state index contributed by atoms with van der Waals surface area (Å²) >= 11 is 3.45. The van der Waals surface area contributed by atoms with Crippen molar-refractivity contribution in [1.29, 1.82) is 0 Å². The molecular weight excluding hydrogens is 278 g/mol. The van der Waals surface area contributed by atoms with Crippen molar-refractivity contribution in [3.8, 4) is 0 Å². The van der Waals surface area contributed by atoms with Crippen LogP contribution in [-0.2, 0) is 4.79 Å². The zero-order chi connectivity index (χ0) is 12.4. The molecule has 0 aliphatic heterocycles. The van der Waals surface area contributed by atoms with Gasteiger partial charge in [0.1, 0.15) is 0 Å². The van der Waals surface area contributed by atoms with E-state index in [1.807, 2.05) is 38.1 Å². The van der Waals surface area contributed by atoms with Crippen molar-refractivity contribution < 1.29 is 4.79 Å². The summed E-state index contributed by atoms with van der Waals surface area (Å²) in [6.45, 7) is 4.06. The van der Waals surface area contributed by atoms with Crippen molar-refractivity contribution in [3.63, 3.8) is 0 Å². The molecule has 2 atom stereocenters. The van der Waals surface area contributed by atoms with Gasteiger partial charge in [-0.3, -0.25) is 4.79 Å². The first-order valence-electron chi connectivity index (χ1n) is 6.14. The zero-order valence-corrected chi connectivity index (χ0v) is 11.8. The second-order valence-electron chi connectivity index (χ2n) is 4.91. The van der Waals surface area contributed by atoms with Crippen LogP contribution >= 0.6 is 15.9 Å².